The quantitative estimate of drug-likeness (QED) is 0.786. The third-order valence-corrected chi connectivity index (χ3v) is 4.04. The first-order valence-corrected chi connectivity index (χ1v) is 8.09. The van der Waals surface area contributed by atoms with Gasteiger partial charge in [-0.3, -0.25) is 4.90 Å². The van der Waals surface area contributed by atoms with E-state index >= 15 is 0 Å². The SMILES string of the molecule is CN(C(=O)[P+](C)=O)C(c1ccccc1)c1ccccc1. The number of benzene rings is 2. The van der Waals surface area contributed by atoms with Crippen LogP contribution in [0.3, 0.4) is 0 Å². The zero-order valence-electron chi connectivity index (χ0n) is 11.6. The first-order chi connectivity index (χ1) is 9.61. The van der Waals surface area contributed by atoms with Crippen LogP contribution in [0.4, 0.5) is 4.79 Å². The predicted octanol–water partition coefficient (Wildman–Crippen LogP) is 4.29. The van der Waals surface area contributed by atoms with Crippen LogP contribution >= 0.6 is 7.80 Å². The van der Waals surface area contributed by atoms with Crippen molar-refractivity contribution >= 4 is 13.4 Å². The molecule has 4 heteroatoms. The molecule has 0 aliphatic carbocycles. The second-order valence-electron chi connectivity index (χ2n) is 4.61. The van der Waals surface area contributed by atoms with E-state index in [1.165, 1.54) is 6.66 Å². The fourth-order valence-electron chi connectivity index (χ4n) is 2.24. The Kier molecular flexibility index (Phi) is 4.65. The lowest BCUT2D eigenvalue weighted by molar-refractivity contribution is 0.221. The molecule has 0 saturated carbocycles. The lowest BCUT2D eigenvalue weighted by atomic mass is 9.98. The standard InChI is InChI=1S/C16H17NO2P/c1-17(16(18)20(2)19)15(13-9-5-3-6-10-13)14-11-7-4-8-12-14/h3-12,15H,1-2H3/q+1. The third-order valence-electron chi connectivity index (χ3n) is 3.19. The number of hydrogen-bond donors (Lipinski definition) is 0. The number of amides is 1. The first kappa shape index (κ1) is 14.4. The van der Waals surface area contributed by atoms with E-state index < -0.39 is 7.80 Å². The summed E-state index contributed by atoms with van der Waals surface area (Å²) in [6.07, 6.45) is 0. The molecule has 0 radical (unpaired) electrons. The maximum absolute atomic E-state index is 12.1. The Hall–Kier alpha value is -1.99. The van der Waals surface area contributed by atoms with Crippen molar-refractivity contribution in [2.24, 2.45) is 0 Å². The van der Waals surface area contributed by atoms with E-state index in [2.05, 4.69) is 0 Å². The third kappa shape index (κ3) is 3.12. The van der Waals surface area contributed by atoms with Gasteiger partial charge in [0.25, 0.3) is 0 Å². The van der Waals surface area contributed by atoms with E-state index in [4.69, 9.17) is 0 Å². The minimum Gasteiger partial charge on any atom is -0.292 e. The zero-order valence-corrected chi connectivity index (χ0v) is 12.5. The normalized spacial score (nSPS) is 11.2. The van der Waals surface area contributed by atoms with Crippen LogP contribution < -0.4 is 0 Å². The van der Waals surface area contributed by atoms with E-state index in [0.717, 1.165) is 11.1 Å². The van der Waals surface area contributed by atoms with Gasteiger partial charge in [0.05, 0.1) is 6.04 Å². The molecule has 2 aromatic rings. The molecule has 0 saturated heterocycles. The molecule has 0 heterocycles. The van der Waals surface area contributed by atoms with Gasteiger partial charge in [-0.1, -0.05) is 65.2 Å². The summed E-state index contributed by atoms with van der Waals surface area (Å²) >= 11 is 0. The Bertz CT molecular complexity index is 559. The summed E-state index contributed by atoms with van der Waals surface area (Å²) in [5.41, 5.74) is 1.68. The molecular weight excluding hydrogens is 269 g/mol. The number of carbonyl (C=O) groups excluding carboxylic acids is 1. The molecule has 20 heavy (non-hydrogen) atoms. The van der Waals surface area contributed by atoms with Gasteiger partial charge in [0.15, 0.2) is 0 Å². The van der Waals surface area contributed by atoms with Crippen molar-refractivity contribution in [2.45, 2.75) is 6.04 Å². The van der Waals surface area contributed by atoms with Crippen molar-refractivity contribution in [2.75, 3.05) is 13.7 Å². The van der Waals surface area contributed by atoms with Crippen molar-refractivity contribution < 1.29 is 9.36 Å². The molecule has 3 nitrogen and oxygen atoms in total. The molecule has 0 spiro atoms. The minimum atomic E-state index is -1.88. The van der Waals surface area contributed by atoms with Crippen molar-refractivity contribution in [3.8, 4) is 0 Å². The minimum absolute atomic E-state index is 0.219. The van der Waals surface area contributed by atoms with Crippen molar-refractivity contribution in [3.63, 3.8) is 0 Å². The number of rotatable bonds is 4. The average Bonchev–Trinajstić information content (AvgIpc) is 2.48. The summed E-state index contributed by atoms with van der Waals surface area (Å²) in [6.45, 7) is 1.45. The monoisotopic (exact) mass is 286 g/mol. The zero-order chi connectivity index (χ0) is 14.5. The lowest BCUT2D eigenvalue weighted by Gasteiger charge is -2.25. The molecule has 0 fully saturated rings. The maximum Gasteiger partial charge on any atom is 0.462 e. The Balaban J connectivity index is 2.45. The second kappa shape index (κ2) is 6.44. The highest BCUT2D eigenvalue weighted by Crippen LogP contribution is 2.32. The van der Waals surface area contributed by atoms with Crippen LogP contribution in [0.1, 0.15) is 17.2 Å². The Labute approximate surface area is 120 Å². The van der Waals surface area contributed by atoms with Gasteiger partial charge < -0.3 is 0 Å². The largest absolute Gasteiger partial charge is 0.462 e. The van der Waals surface area contributed by atoms with Gasteiger partial charge in [-0.25, -0.2) is 4.79 Å². The fourth-order valence-corrected chi connectivity index (χ4v) is 2.80. The highest BCUT2D eigenvalue weighted by molar-refractivity contribution is 7.62. The number of hydrogen-bond acceptors (Lipinski definition) is 2. The number of nitrogens with zero attached hydrogens (tertiary/aromatic N) is 1. The van der Waals surface area contributed by atoms with Crippen molar-refractivity contribution in [1.82, 2.24) is 4.90 Å². The highest BCUT2D eigenvalue weighted by atomic mass is 31.1. The Morgan fingerprint density at radius 2 is 1.35 bits per heavy atom. The molecule has 1 amide bonds. The molecular formula is C16H17NO2P+. The van der Waals surface area contributed by atoms with E-state index in [1.807, 2.05) is 60.7 Å². The molecule has 0 aromatic heterocycles. The predicted molar refractivity (Wildman–Crippen MR) is 81.4 cm³/mol. The molecule has 1 atom stereocenters. The van der Waals surface area contributed by atoms with Gasteiger partial charge in [0.2, 0.25) is 0 Å². The summed E-state index contributed by atoms with van der Waals surface area (Å²) in [7, 11) is -0.179. The topological polar surface area (TPSA) is 37.4 Å². The fraction of sp³-hybridized carbons (Fsp3) is 0.188. The van der Waals surface area contributed by atoms with E-state index in [1.54, 1.807) is 11.9 Å². The van der Waals surface area contributed by atoms with Crippen LogP contribution in [-0.4, -0.2) is 24.3 Å². The van der Waals surface area contributed by atoms with Crippen LogP contribution in [0.5, 0.6) is 0 Å². The van der Waals surface area contributed by atoms with E-state index in [9.17, 15) is 9.36 Å². The highest BCUT2D eigenvalue weighted by Gasteiger charge is 2.32. The van der Waals surface area contributed by atoms with Crippen molar-refractivity contribution in [3.05, 3.63) is 71.8 Å². The molecule has 0 bridgehead atoms. The van der Waals surface area contributed by atoms with Gasteiger partial charge in [-0.05, 0) is 11.1 Å². The van der Waals surface area contributed by atoms with Crippen LogP contribution in [0, 0.1) is 0 Å². The molecule has 1 unspecified atom stereocenters. The van der Waals surface area contributed by atoms with Crippen LogP contribution in [-0.2, 0) is 4.57 Å². The van der Waals surface area contributed by atoms with E-state index in [-0.39, 0.29) is 11.7 Å². The molecule has 2 rings (SSSR count). The molecule has 2 aromatic carbocycles. The molecule has 0 aliphatic heterocycles. The van der Waals surface area contributed by atoms with Crippen LogP contribution in [0.15, 0.2) is 60.7 Å². The van der Waals surface area contributed by atoms with Crippen LogP contribution in [0.2, 0.25) is 0 Å². The maximum atomic E-state index is 12.1. The molecule has 0 aliphatic rings. The Morgan fingerprint density at radius 3 is 1.70 bits per heavy atom. The summed E-state index contributed by atoms with van der Waals surface area (Å²) in [4.78, 5) is 13.6. The summed E-state index contributed by atoms with van der Waals surface area (Å²) in [5.74, 6) is 0. The first-order valence-electron chi connectivity index (χ1n) is 6.39. The number of carbonyl (C=O) groups is 1. The van der Waals surface area contributed by atoms with Gasteiger partial charge >= 0.3 is 13.4 Å². The lowest BCUT2D eigenvalue weighted by Crippen LogP contribution is -2.28. The average molecular weight is 286 g/mol. The molecule has 102 valence electrons. The smallest absolute Gasteiger partial charge is 0.292 e. The van der Waals surface area contributed by atoms with Gasteiger partial charge in [-0.2, -0.15) is 0 Å². The van der Waals surface area contributed by atoms with Gasteiger partial charge in [0, 0.05) is 7.05 Å². The molecule has 0 N–H and O–H groups in total. The Morgan fingerprint density at radius 1 is 0.950 bits per heavy atom. The summed E-state index contributed by atoms with van der Waals surface area (Å²) < 4.78 is 11.5. The van der Waals surface area contributed by atoms with Crippen LogP contribution in [0.25, 0.3) is 0 Å². The van der Waals surface area contributed by atoms with E-state index in [0.29, 0.717) is 0 Å². The second-order valence-corrected chi connectivity index (χ2v) is 5.99. The van der Waals surface area contributed by atoms with Crippen molar-refractivity contribution in [1.29, 1.82) is 0 Å². The summed E-state index contributed by atoms with van der Waals surface area (Å²) in [6, 6.07) is 19.3. The summed E-state index contributed by atoms with van der Waals surface area (Å²) in [5, 5.41) is 0. The van der Waals surface area contributed by atoms with Gasteiger partial charge in [-0.15, -0.1) is 0 Å². The van der Waals surface area contributed by atoms with Gasteiger partial charge in [0.1, 0.15) is 6.66 Å².